The number of oxazole rings is 1. The number of aromatic nitrogens is 1. The lowest BCUT2D eigenvalue weighted by atomic mass is 10.00. The first-order chi connectivity index (χ1) is 8.57. The standard InChI is InChI=1S/C11H11N5O2/c12-9-14-4-3-11(13,16-9)6-1-2-8-7(5-6)15-10(17)18-8/h1-5H,13H2,(H,15,17)(H3,12,14,16). The van der Waals surface area contributed by atoms with Crippen LogP contribution >= 0.6 is 0 Å². The number of benzene rings is 1. The van der Waals surface area contributed by atoms with Crippen molar-refractivity contribution in [2.45, 2.75) is 5.66 Å². The second-order valence-corrected chi connectivity index (χ2v) is 4.03. The van der Waals surface area contributed by atoms with Gasteiger partial charge in [0, 0.05) is 11.8 Å². The zero-order valence-electron chi connectivity index (χ0n) is 9.31. The van der Waals surface area contributed by atoms with Gasteiger partial charge < -0.3 is 15.5 Å². The summed E-state index contributed by atoms with van der Waals surface area (Å²) in [5.74, 6) is -0.266. The molecule has 92 valence electrons. The first kappa shape index (κ1) is 10.6. The molecule has 0 spiro atoms. The smallest absolute Gasteiger partial charge is 0.408 e. The molecule has 1 aromatic heterocycles. The molecule has 0 amide bonds. The van der Waals surface area contributed by atoms with Crippen molar-refractivity contribution in [1.29, 1.82) is 0 Å². The van der Waals surface area contributed by atoms with E-state index in [4.69, 9.17) is 15.9 Å². The molecular weight excluding hydrogens is 234 g/mol. The van der Waals surface area contributed by atoms with Crippen LogP contribution in [0.4, 0.5) is 0 Å². The van der Waals surface area contributed by atoms with Crippen molar-refractivity contribution in [3.63, 3.8) is 0 Å². The number of hydrogen-bond acceptors (Lipinski definition) is 6. The maximum Gasteiger partial charge on any atom is 0.417 e. The summed E-state index contributed by atoms with van der Waals surface area (Å²) >= 11 is 0. The third-order valence-electron chi connectivity index (χ3n) is 2.76. The highest BCUT2D eigenvalue weighted by atomic mass is 16.4. The quantitative estimate of drug-likeness (QED) is 0.547. The van der Waals surface area contributed by atoms with Crippen LogP contribution in [0.15, 0.2) is 44.7 Å². The van der Waals surface area contributed by atoms with Gasteiger partial charge in [-0.05, 0) is 18.2 Å². The van der Waals surface area contributed by atoms with E-state index in [1.807, 2.05) is 0 Å². The Balaban J connectivity index is 2.16. The molecule has 2 aromatic rings. The largest absolute Gasteiger partial charge is 0.417 e. The molecule has 7 nitrogen and oxygen atoms in total. The monoisotopic (exact) mass is 245 g/mol. The van der Waals surface area contributed by atoms with E-state index in [0.717, 1.165) is 0 Å². The molecule has 3 rings (SSSR count). The number of aliphatic imine (C=N–C) groups is 1. The maximum absolute atomic E-state index is 11.1. The fraction of sp³-hybridized carbons (Fsp3) is 0.0909. The van der Waals surface area contributed by atoms with Gasteiger partial charge in [0.25, 0.3) is 0 Å². The Bertz CT molecular complexity index is 726. The van der Waals surface area contributed by atoms with Crippen LogP contribution in [0.3, 0.4) is 0 Å². The van der Waals surface area contributed by atoms with Crippen molar-refractivity contribution < 1.29 is 4.42 Å². The number of hydrogen-bond donors (Lipinski definition) is 4. The molecule has 0 radical (unpaired) electrons. The number of guanidine groups is 1. The highest BCUT2D eigenvalue weighted by Crippen LogP contribution is 2.25. The normalized spacial score (nSPS) is 22.8. The van der Waals surface area contributed by atoms with Gasteiger partial charge in [0.2, 0.25) is 0 Å². The summed E-state index contributed by atoms with van der Waals surface area (Å²) in [7, 11) is 0. The number of rotatable bonds is 1. The average molecular weight is 245 g/mol. The van der Waals surface area contributed by atoms with Crippen LogP contribution in [0.1, 0.15) is 5.56 Å². The first-order valence-electron chi connectivity index (χ1n) is 5.29. The molecule has 1 unspecified atom stereocenters. The molecule has 0 saturated carbocycles. The second-order valence-electron chi connectivity index (χ2n) is 4.03. The van der Waals surface area contributed by atoms with Gasteiger partial charge in [-0.25, -0.2) is 9.79 Å². The van der Waals surface area contributed by atoms with E-state index in [-0.39, 0.29) is 5.96 Å². The summed E-state index contributed by atoms with van der Waals surface area (Å²) in [5, 5.41) is 2.74. The van der Waals surface area contributed by atoms with E-state index in [9.17, 15) is 4.79 Å². The number of aromatic amines is 1. The molecule has 0 saturated heterocycles. The first-order valence-corrected chi connectivity index (χ1v) is 5.29. The lowest BCUT2D eigenvalue weighted by Gasteiger charge is -2.25. The van der Waals surface area contributed by atoms with E-state index in [2.05, 4.69) is 15.3 Å². The minimum Gasteiger partial charge on any atom is -0.408 e. The molecule has 1 atom stereocenters. The molecule has 7 heteroatoms. The summed E-state index contributed by atoms with van der Waals surface area (Å²) in [6.07, 6.45) is 3.31. The number of fused-ring (bicyclic) bond motifs is 1. The van der Waals surface area contributed by atoms with E-state index in [1.54, 1.807) is 30.5 Å². The van der Waals surface area contributed by atoms with E-state index >= 15 is 0 Å². The molecule has 6 N–H and O–H groups in total. The van der Waals surface area contributed by atoms with Gasteiger partial charge in [0.05, 0.1) is 5.52 Å². The van der Waals surface area contributed by atoms with Crippen LogP contribution in [0.5, 0.6) is 0 Å². The van der Waals surface area contributed by atoms with E-state index < -0.39 is 11.4 Å². The molecule has 0 aliphatic carbocycles. The summed E-state index contributed by atoms with van der Waals surface area (Å²) < 4.78 is 4.92. The zero-order valence-corrected chi connectivity index (χ0v) is 9.31. The van der Waals surface area contributed by atoms with Crippen molar-refractivity contribution >= 4 is 17.1 Å². The number of nitrogens with two attached hydrogens (primary N) is 2. The molecule has 1 aromatic carbocycles. The van der Waals surface area contributed by atoms with Crippen molar-refractivity contribution in [3.05, 3.63) is 46.6 Å². The van der Waals surface area contributed by atoms with E-state index in [1.165, 1.54) is 0 Å². The molecule has 1 aliphatic heterocycles. The third kappa shape index (κ3) is 1.57. The van der Waals surface area contributed by atoms with Gasteiger partial charge in [0.15, 0.2) is 17.2 Å². The maximum atomic E-state index is 11.1. The molecular formula is C11H11N5O2. The number of H-pyrrole nitrogens is 1. The average Bonchev–Trinajstić information content (AvgIpc) is 2.67. The van der Waals surface area contributed by atoms with Gasteiger partial charge in [0.1, 0.15) is 0 Å². The lowest BCUT2D eigenvalue weighted by molar-refractivity contribution is 0.554. The van der Waals surface area contributed by atoms with Crippen LogP contribution < -0.4 is 22.5 Å². The van der Waals surface area contributed by atoms with Crippen LogP contribution in [-0.4, -0.2) is 10.9 Å². The Hall–Kier alpha value is -2.54. The lowest BCUT2D eigenvalue weighted by Crippen LogP contribution is -2.42. The topological polar surface area (TPSA) is 122 Å². The van der Waals surface area contributed by atoms with Crippen molar-refractivity contribution in [3.8, 4) is 0 Å². The third-order valence-corrected chi connectivity index (χ3v) is 2.76. The SMILES string of the molecule is NC1=NC(N)(c2ccc3oc(=O)[nH]c3c2)C=CN1. The summed E-state index contributed by atoms with van der Waals surface area (Å²) in [6, 6.07) is 5.12. The Morgan fingerprint density at radius 1 is 1.39 bits per heavy atom. The molecule has 2 heterocycles. The predicted octanol–water partition coefficient (Wildman–Crippen LogP) is -0.336. The Morgan fingerprint density at radius 2 is 2.22 bits per heavy atom. The fourth-order valence-corrected chi connectivity index (χ4v) is 1.88. The molecule has 0 fully saturated rings. The number of nitrogens with one attached hydrogen (secondary N) is 2. The minimum absolute atomic E-state index is 0.237. The van der Waals surface area contributed by atoms with Gasteiger partial charge in [-0.3, -0.25) is 10.7 Å². The van der Waals surface area contributed by atoms with Gasteiger partial charge in [-0.1, -0.05) is 6.07 Å². The fourth-order valence-electron chi connectivity index (χ4n) is 1.88. The molecule has 18 heavy (non-hydrogen) atoms. The van der Waals surface area contributed by atoms with Crippen molar-refractivity contribution in [2.75, 3.05) is 0 Å². The Labute approximate surface area is 101 Å². The summed E-state index contributed by atoms with van der Waals surface area (Å²) in [6.45, 7) is 0. The zero-order chi connectivity index (χ0) is 12.8. The van der Waals surface area contributed by atoms with Gasteiger partial charge in [-0.15, -0.1) is 0 Å². The number of nitrogens with zero attached hydrogens (tertiary/aromatic N) is 1. The van der Waals surface area contributed by atoms with Crippen molar-refractivity contribution in [1.82, 2.24) is 10.3 Å². The Morgan fingerprint density at radius 3 is 3.00 bits per heavy atom. The van der Waals surface area contributed by atoms with E-state index in [0.29, 0.717) is 16.7 Å². The molecule has 1 aliphatic rings. The predicted molar refractivity (Wildman–Crippen MR) is 66.6 cm³/mol. The van der Waals surface area contributed by atoms with Crippen molar-refractivity contribution in [2.24, 2.45) is 16.5 Å². The molecule has 0 bridgehead atoms. The summed E-state index contributed by atoms with van der Waals surface area (Å²) in [4.78, 5) is 17.8. The summed E-state index contributed by atoms with van der Waals surface area (Å²) in [5.41, 5.74) is 12.5. The second kappa shape index (κ2) is 3.47. The van der Waals surface area contributed by atoms with Gasteiger partial charge >= 0.3 is 5.76 Å². The Kier molecular flexibility index (Phi) is 2.05. The van der Waals surface area contributed by atoms with Crippen LogP contribution in [0.2, 0.25) is 0 Å². The highest BCUT2D eigenvalue weighted by molar-refractivity contribution is 5.81. The van der Waals surface area contributed by atoms with Crippen LogP contribution in [0, 0.1) is 0 Å². The van der Waals surface area contributed by atoms with Crippen LogP contribution in [0.25, 0.3) is 11.1 Å². The minimum atomic E-state index is -1.04. The van der Waals surface area contributed by atoms with Crippen LogP contribution in [-0.2, 0) is 5.66 Å². The van der Waals surface area contributed by atoms with Gasteiger partial charge in [-0.2, -0.15) is 0 Å². The highest BCUT2D eigenvalue weighted by Gasteiger charge is 2.26.